The summed E-state index contributed by atoms with van der Waals surface area (Å²) in [6.07, 6.45) is 1.12. The number of carbonyl (C=O) groups excluding carboxylic acids is 2. The normalized spacial score (nSPS) is 11.5. The Morgan fingerprint density at radius 1 is 1.12 bits per heavy atom. The molecule has 0 aromatic heterocycles. The zero-order chi connectivity index (χ0) is 18.2. The Labute approximate surface area is 148 Å². The maximum atomic E-state index is 12.2. The molecule has 132 valence electrons. The van der Waals surface area contributed by atoms with Crippen molar-refractivity contribution in [3.05, 3.63) is 59.7 Å². The summed E-state index contributed by atoms with van der Waals surface area (Å²) in [5.41, 5.74) is 2.03. The van der Waals surface area contributed by atoms with Gasteiger partial charge >= 0.3 is 0 Å². The average molecular weight is 340 g/mol. The van der Waals surface area contributed by atoms with E-state index >= 15 is 0 Å². The van der Waals surface area contributed by atoms with Crippen molar-refractivity contribution < 1.29 is 14.3 Å². The lowest BCUT2D eigenvalue weighted by Gasteiger charge is -2.12. The maximum absolute atomic E-state index is 12.2. The lowest BCUT2D eigenvalue weighted by molar-refractivity contribution is -0.115. The summed E-state index contributed by atoms with van der Waals surface area (Å²) in [7, 11) is 1.60. The van der Waals surface area contributed by atoms with Gasteiger partial charge in [-0.05, 0) is 49.2 Å². The van der Waals surface area contributed by atoms with Crippen molar-refractivity contribution in [3.8, 4) is 5.75 Å². The van der Waals surface area contributed by atoms with Crippen molar-refractivity contribution in [2.24, 2.45) is 0 Å². The number of benzene rings is 2. The van der Waals surface area contributed by atoms with E-state index in [1.54, 1.807) is 31.4 Å². The molecule has 5 heteroatoms. The molecule has 5 nitrogen and oxygen atoms in total. The molecule has 0 saturated heterocycles. The Morgan fingerprint density at radius 3 is 2.48 bits per heavy atom. The summed E-state index contributed by atoms with van der Waals surface area (Å²) in [5.74, 6) is 0.481. The Kier molecular flexibility index (Phi) is 6.57. The van der Waals surface area contributed by atoms with E-state index in [1.807, 2.05) is 38.1 Å². The standard InChI is InChI=1S/C20H24N2O3/c1-4-14(2)21-20(24)16-6-5-7-17(13-16)22-19(23)12-15-8-10-18(25-3)11-9-15/h5-11,13-14H,4,12H2,1-3H3,(H,21,24)(H,22,23). The molecule has 0 saturated carbocycles. The number of methoxy groups -OCH3 is 1. The first-order valence-electron chi connectivity index (χ1n) is 8.35. The van der Waals surface area contributed by atoms with Gasteiger partial charge in [-0.25, -0.2) is 0 Å². The topological polar surface area (TPSA) is 67.4 Å². The van der Waals surface area contributed by atoms with Crippen LogP contribution in [0.1, 0.15) is 36.2 Å². The molecule has 0 spiro atoms. The number of hydrogen-bond acceptors (Lipinski definition) is 3. The van der Waals surface area contributed by atoms with Gasteiger partial charge in [0.1, 0.15) is 5.75 Å². The molecule has 0 aliphatic rings. The van der Waals surface area contributed by atoms with Crippen molar-refractivity contribution in [1.82, 2.24) is 5.32 Å². The van der Waals surface area contributed by atoms with E-state index < -0.39 is 0 Å². The number of anilines is 1. The predicted molar refractivity (Wildman–Crippen MR) is 99.0 cm³/mol. The number of nitrogens with one attached hydrogen (secondary N) is 2. The fourth-order valence-electron chi connectivity index (χ4n) is 2.28. The molecule has 2 aromatic carbocycles. The van der Waals surface area contributed by atoms with E-state index in [4.69, 9.17) is 4.74 Å². The molecule has 0 radical (unpaired) electrons. The van der Waals surface area contributed by atoms with Gasteiger partial charge in [-0.1, -0.05) is 25.1 Å². The molecule has 0 fully saturated rings. The minimum atomic E-state index is -0.138. The first kappa shape index (κ1) is 18.5. The third-order valence-corrected chi connectivity index (χ3v) is 3.92. The molecule has 25 heavy (non-hydrogen) atoms. The number of rotatable bonds is 7. The van der Waals surface area contributed by atoms with Gasteiger partial charge in [0.2, 0.25) is 5.91 Å². The highest BCUT2D eigenvalue weighted by Crippen LogP contribution is 2.14. The van der Waals surface area contributed by atoms with Gasteiger partial charge in [0.05, 0.1) is 13.5 Å². The maximum Gasteiger partial charge on any atom is 0.251 e. The van der Waals surface area contributed by atoms with E-state index in [9.17, 15) is 9.59 Å². The summed E-state index contributed by atoms with van der Waals surface area (Å²) in [6, 6.07) is 14.4. The fourth-order valence-corrected chi connectivity index (χ4v) is 2.28. The second-order valence-corrected chi connectivity index (χ2v) is 5.94. The molecule has 1 atom stereocenters. The Morgan fingerprint density at radius 2 is 1.84 bits per heavy atom. The highest BCUT2D eigenvalue weighted by Gasteiger charge is 2.10. The predicted octanol–water partition coefficient (Wildman–Crippen LogP) is 3.40. The van der Waals surface area contributed by atoms with Crippen molar-refractivity contribution in [2.45, 2.75) is 32.7 Å². The second-order valence-electron chi connectivity index (χ2n) is 5.94. The number of amides is 2. The Hall–Kier alpha value is -2.82. The van der Waals surface area contributed by atoms with Crippen LogP contribution >= 0.6 is 0 Å². The van der Waals surface area contributed by atoms with Crippen molar-refractivity contribution >= 4 is 17.5 Å². The monoisotopic (exact) mass is 340 g/mol. The van der Waals surface area contributed by atoms with Crippen molar-refractivity contribution in [3.63, 3.8) is 0 Å². The van der Waals surface area contributed by atoms with Crippen LogP contribution in [0.4, 0.5) is 5.69 Å². The SMILES string of the molecule is CCC(C)NC(=O)c1cccc(NC(=O)Cc2ccc(OC)cc2)c1. The molecule has 0 heterocycles. The van der Waals surface area contributed by atoms with E-state index in [1.165, 1.54) is 0 Å². The van der Waals surface area contributed by atoms with Crippen LogP contribution < -0.4 is 15.4 Å². The summed E-state index contributed by atoms with van der Waals surface area (Å²) in [6.45, 7) is 3.97. The lowest BCUT2D eigenvalue weighted by Crippen LogP contribution is -2.31. The second kappa shape index (κ2) is 8.87. The van der Waals surface area contributed by atoms with Gasteiger partial charge in [0, 0.05) is 17.3 Å². The largest absolute Gasteiger partial charge is 0.497 e. The lowest BCUT2D eigenvalue weighted by atomic mass is 10.1. The molecule has 2 rings (SSSR count). The molecular weight excluding hydrogens is 316 g/mol. The van der Waals surface area contributed by atoms with Crippen LogP contribution in [0.3, 0.4) is 0 Å². The van der Waals surface area contributed by atoms with Gasteiger partial charge in [0.25, 0.3) is 5.91 Å². The molecule has 2 aromatic rings. The van der Waals surface area contributed by atoms with Crippen LogP contribution in [-0.4, -0.2) is 25.0 Å². The molecule has 0 bridgehead atoms. The third kappa shape index (κ3) is 5.64. The minimum Gasteiger partial charge on any atom is -0.497 e. The van der Waals surface area contributed by atoms with E-state index in [-0.39, 0.29) is 24.3 Å². The summed E-state index contributed by atoms with van der Waals surface area (Å²) >= 11 is 0. The van der Waals surface area contributed by atoms with E-state index in [2.05, 4.69) is 10.6 Å². The highest BCUT2D eigenvalue weighted by molar-refractivity contribution is 5.97. The number of ether oxygens (including phenoxy) is 1. The van der Waals surface area contributed by atoms with Crippen LogP contribution in [0, 0.1) is 0 Å². The van der Waals surface area contributed by atoms with Crippen LogP contribution in [0.2, 0.25) is 0 Å². The smallest absolute Gasteiger partial charge is 0.251 e. The quantitative estimate of drug-likeness (QED) is 0.812. The molecule has 1 unspecified atom stereocenters. The van der Waals surface area contributed by atoms with Gasteiger partial charge in [-0.15, -0.1) is 0 Å². The van der Waals surface area contributed by atoms with E-state index in [0.717, 1.165) is 17.7 Å². The van der Waals surface area contributed by atoms with Gasteiger partial charge in [-0.3, -0.25) is 9.59 Å². The van der Waals surface area contributed by atoms with E-state index in [0.29, 0.717) is 11.3 Å². The number of hydrogen-bond donors (Lipinski definition) is 2. The molecule has 2 N–H and O–H groups in total. The van der Waals surface area contributed by atoms with Gasteiger partial charge in [-0.2, -0.15) is 0 Å². The molecule has 2 amide bonds. The van der Waals surface area contributed by atoms with Crippen molar-refractivity contribution in [1.29, 1.82) is 0 Å². The minimum absolute atomic E-state index is 0.112. The van der Waals surface area contributed by atoms with Crippen LogP contribution in [-0.2, 0) is 11.2 Å². The first-order chi connectivity index (χ1) is 12.0. The highest BCUT2D eigenvalue weighted by atomic mass is 16.5. The Bertz CT molecular complexity index is 726. The molecule has 0 aliphatic carbocycles. The average Bonchev–Trinajstić information content (AvgIpc) is 2.62. The van der Waals surface area contributed by atoms with Crippen LogP contribution in [0.15, 0.2) is 48.5 Å². The third-order valence-electron chi connectivity index (χ3n) is 3.92. The summed E-state index contributed by atoms with van der Waals surface area (Å²) in [4.78, 5) is 24.4. The zero-order valence-corrected chi connectivity index (χ0v) is 14.8. The number of carbonyl (C=O) groups is 2. The molecular formula is C20H24N2O3. The zero-order valence-electron chi connectivity index (χ0n) is 14.8. The fraction of sp³-hybridized carbons (Fsp3) is 0.300. The van der Waals surface area contributed by atoms with Gasteiger partial charge < -0.3 is 15.4 Å². The van der Waals surface area contributed by atoms with Crippen LogP contribution in [0.5, 0.6) is 5.75 Å². The summed E-state index contributed by atoms with van der Waals surface area (Å²) in [5, 5.41) is 5.74. The Balaban J connectivity index is 1.98. The van der Waals surface area contributed by atoms with Gasteiger partial charge in [0.15, 0.2) is 0 Å². The van der Waals surface area contributed by atoms with Crippen molar-refractivity contribution in [2.75, 3.05) is 12.4 Å². The summed E-state index contributed by atoms with van der Waals surface area (Å²) < 4.78 is 5.10. The first-order valence-corrected chi connectivity index (χ1v) is 8.35. The molecule has 0 aliphatic heterocycles. The van der Waals surface area contributed by atoms with Crippen LogP contribution in [0.25, 0.3) is 0 Å².